The minimum atomic E-state index is -3.74. The molecule has 0 saturated heterocycles. The molecule has 0 unspecified atom stereocenters. The average molecular weight is 396 g/mol. The first kappa shape index (κ1) is 21.3. The van der Waals surface area contributed by atoms with E-state index in [1.807, 2.05) is 6.07 Å². The lowest BCUT2D eigenvalue weighted by Crippen LogP contribution is -2.35. The van der Waals surface area contributed by atoms with Gasteiger partial charge in [0, 0.05) is 23.8 Å². The van der Waals surface area contributed by atoms with Crippen LogP contribution in [-0.4, -0.2) is 32.3 Å². The zero-order chi connectivity index (χ0) is 18.6. The third kappa shape index (κ3) is 5.40. The van der Waals surface area contributed by atoms with Gasteiger partial charge in [-0.3, -0.25) is 20.3 Å². The molecule has 0 spiro atoms. The van der Waals surface area contributed by atoms with E-state index in [9.17, 15) is 18.0 Å². The second kappa shape index (κ2) is 8.59. The minimum absolute atomic E-state index is 0. The SMILES string of the molecule is CS(=O)(=O)c1cc(C(=O)NC(=N)N)ccc1C(=O)Cc1ccccc1.Cl. The number of hydrogen-bond acceptors (Lipinski definition) is 5. The number of benzene rings is 2. The Labute approximate surface area is 157 Å². The van der Waals surface area contributed by atoms with Gasteiger partial charge >= 0.3 is 0 Å². The van der Waals surface area contributed by atoms with Gasteiger partial charge < -0.3 is 5.73 Å². The lowest BCUT2D eigenvalue weighted by atomic mass is 10.0. The Kier molecular flexibility index (Phi) is 7.05. The number of carbonyl (C=O) groups is 2. The molecule has 0 atom stereocenters. The smallest absolute Gasteiger partial charge is 0.257 e. The number of guanidine groups is 1. The molecule has 0 saturated carbocycles. The lowest BCUT2D eigenvalue weighted by molar-refractivity contribution is 0.0968. The second-order valence-electron chi connectivity index (χ2n) is 5.44. The van der Waals surface area contributed by atoms with Crippen LogP contribution in [0.2, 0.25) is 0 Å². The summed E-state index contributed by atoms with van der Waals surface area (Å²) in [6, 6.07) is 12.7. The van der Waals surface area contributed by atoms with Crippen LogP contribution in [0.15, 0.2) is 53.4 Å². The molecule has 4 N–H and O–H groups in total. The predicted molar refractivity (Wildman–Crippen MR) is 101 cm³/mol. The van der Waals surface area contributed by atoms with Crippen molar-refractivity contribution in [2.24, 2.45) is 5.73 Å². The van der Waals surface area contributed by atoms with Crippen LogP contribution in [0, 0.1) is 5.41 Å². The predicted octanol–water partition coefficient (Wildman–Crippen LogP) is 1.56. The molecular formula is C17H18ClN3O4S. The van der Waals surface area contributed by atoms with E-state index >= 15 is 0 Å². The third-order valence-electron chi connectivity index (χ3n) is 3.40. The largest absolute Gasteiger partial charge is 0.370 e. The molecule has 0 radical (unpaired) electrons. The first-order chi connectivity index (χ1) is 11.7. The lowest BCUT2D eigenvalue weighted by Gasteiger charge is -2.10. The van der Waals surface area contributed by atoms with E-state index in [1.165, 1.54) is 12.1 Å². The second-order valence-corrected chi connectivity index (χ2v) is 7.42. The molecule has 0 fully saturated rings. The summed E-state index contributed by atoms with van der Waals surface area (Å²) in [7, 11) is -3.74. The minimum Gasteiger partial charge on any atom is -0.370 e. The first-order valence-electron chi connectivity index (χ1n) is 7.25. The fourth-order valence-electron chi connectivity index (χ4n) is 2.27. The summed E-state index contributed by atoms with van der Waals surface area (Å²) >= 11 is 0. The van der Waals surface area contributed by atoms with Crippen molar-refractivity contribution in [1.29, 1.82) is 5.41 Å². The van der Waals surface area contributed by atoms with E-state index < -0.39 is 21.7 Å². The van der Waals surface area contributed by atoms with Gasteiger partial charge in [-0.25, -0.2) is 8.42 Å². The van der Waals surface area contributed by atoms with Gasteiger partial charge in [0.2, 0.25) is 0 Å². The average Bonchev–Trinajstić information content (AvgIpc) is 2.53. The maximum atomic E-state index is 12.5. The highest BCUT2D eigenvalue weighted by molar-refractivity contribution is 7.90. The molecule has 2 aromatic rings. The maximum Gasteiger partial charge on any atom is 0.257 e. The Hall–Kier alpha value is -2.71. The number of Topliss-reactive ketones (excluding diaryl/α,β-unsaturated/α-hetero) is 1. The van der Waals surface area contributed by atoms with Crippen LogP contribution in [0.1, 0.15) is 26.3 Å². The highest BCUT2D eigenvalue weighted by atomic mass is 35.5. The first-order valence-corrected chi connectivity index (χ1v) is 9.14. The summed E-state index contributed by atoms with van der Waals surface area (Å²) in [5.41, 5.74) is 5.86. The number of halogens is 1. The van der Waals surface area contributed by atoms with Gasteiger partial charge in [-0.2, -0.15) is 0 Å². The van der Waals surface area contributed by atoms with Gasteiger partial charge in [0.25, 0.3) is 5.91 Å². The quantitative estimate of drug-likeness (QED) is 0.401. The Bertz CT molecular complexity index is 944. The summed E-state index contributed by atoms with van der Waals surface area (Å²) in [5.74, 6) is -1.65. The van der Waals surface area contributed by atoms with E-state index in [1.54, 1.807) is 24.3 Å². The summed E-state index contributed by atoms with van der Waals surface area (Å²) in [5, 5.41) is 9.13. The highest BCUT2D eigenvalue weighted by Crippen LogP contribution is 2.20. The molecule has 0 aliphatic heterocycles. The van der Waals surface area contributed by atoms with Gasteiger partial charge in [0.1, 0.15) is 0 Å². The molecule has 2 rings (SSSR count). The van der Waals surface area contributed by atoms with Gasteiger partial charge in [-0.05, 0) is 23.8 Å². The summed E-state index contributed by atoms with van der Waals surface area (Å²) in [6.45, 7) is 0. The van der Waals surface area contributed by atoms with Crippen LogP contribution in [0.4, 0.5) is 0 Å². The molecule has 9 heteroatoms. The number of nitrogens with one attached hydrogen (secondary N) is 2. The zero-order valence-electron chi connectivity index (χ0n) is 13.9. The van der Waals surface area contributed by atoms with Crippen molar-refractivity contribution in [3.05, 3.63) is 65.2 Å². The van der Waals surface area contributed by atoms with Crippen LogP contribution in [0.25, 0.3) is 0 Å². The van der Waals surface area contributed by atoms with Crippen LogP contribution >= 0.6 is 12.4 Å². The van der Waals surface area contributed by atoms with Crippen molar-refractivity contribution in [2.75, 3.05) is 6.26 Å². The number of rotatable bonds is 5. The van der Waals surface area contributed by atoms with E-state index in [-0.39, 0.29) is 40.6 Å². The van der Waals surface area contributed by atoms with Crippen LogP contribution in [0.5, 0.6) is 0 Å². The number of ketones is 1. The number of sulfone groups is 1. The molecule has 0 heterocycles. The van der Waals surface area contributed by atoms with Gasteiger partial charge in [-0.15, -0.1) is 12.4 Å². The van der Waals surface area contributed by atoms with Crippen molar-refractivity contribution < 1.29 is 18.0 Å². The molecule has 0 aromatic heterocycles. The molecule has 0 aliphatic carbocycles. The zero-order valence-corrected chi connectivity index (χ0v) is 15.5. The molecule has 138 valence electrons. The molecule has 0 aliphatic rings. The fourth-order valence-corrected chi connectivity index (χ4v) is 3.19. The third-order valence-corrected chi connectivity index (χ3v) is 4.54. The van der Waals surface area contributed by atoms with Crippen molar-refractivity contribution in [1.82, 2.24) is 5.32 Å². The summed E-state index contributed by atoms with van der Waals surface area (Å²) < 4.78 is 24.1. The molecule has 26 heavy (non-hydrogen) atoms. The van der Waals surface area contributed by atoms with Crippen LogP contribution in [0.3, 0.4) is 0 Å². The fraction of sp³-hybridized carbons (Fsp3) is 0.118. The number of nitrogens with two attached hydrogens (primary N) is 1. The normalized spacial score (nSPS) is 10.5. The van der Waals surface area contributed by atoms with E-state index in [0.29, 0.717) is 0 Å². The summed E-state index contributed by atoms with van der Waals surface area (Å²) in [6.07, 6.45) is 1.01. The molecule has 2 aromatic carbocycles. The molecular weight excluding hydrogens is 378 g/mol. The molecule has 0 bridgehead atoms. The van der Waals surface area contributed by atoms with Crippen molar-refractivity contribution in [3.63, 3.8) is 0 Å². The monoisotopic (exact) mass is 395 g/mol. The number of hydrogen-bond donors (Lipinski definition) is 3. The van der Waals surface area contributed by atoms with Crippen LogP contribution in [-0.2, 0) is 16.3 Å². The maximum absolute atomic E-state index is 12.5. The standard InChI is InChI=1S/C17H17N3O4S.ClH/c1-25(23,24)15-10-12(16(22)20-17(18)19)7-8-13(15)14(21)9-11-5-3-2-4-6-11;/h2-8,10H,9H2,1H3,(H4,18,19,20,22);1H. The van der Waals surface area contributed by atoms with Crippen molar-refractivity contribution in [3.8, 4) is 0 Å². The Balaban J connectivity index is 0.00000338. The van der Waals surface area contributed by atoms with Gasteiger partial charge in [-0.1, -0.05) is 30.3 Å². The summed E-state index contributed by atoms with van der Waals surface area (Å²) in [4.78, 5) is 24.2. The van der Waals surface area contributed by atoms with Crippen molar-refractivity contribution in [2.45, 2.75) is 11.3 Å². The highest BCUT2D eigenvalue weighted by Gasteiger charge is 2.21. The van der Waals surface area contributed by atoms with Crippen LogP contribution < -0.4 is 11.1 Å². The Morgan fingerprint density at radius 1 is 1.12 bits per heavy atom. The Morgan fingerprint density at radius 3 is 2.27 bits per heavy atom. The topological polar surface area (TPSA) is 130 Å². The van der Waals surface area contributed by atoms with E-state index in [2.05, 4.69) is 5.32 Å². The van der Waals surface area contributed by atoms with Crippen molar-refractivity contribution >= 4 is 39.9 Å². The van der Waals surface area contributed by atoms with Gasteiger partial charge in [0.05, 0.1) is 4.90 Å². The number of amides is 1. The van der Waals surface area contributed by atoms with E-state index in [0.717, 1.165) is 17.9 Å². The van der Waals surface area contributed by atoms with E-state index in [4.69, 9.17) is 11.1 Å². The number of carbonyl (C=O) groups excluding carboxylic acids is 2. The molecule has 1 amide bonds. The Morgan fingerprint density at radius 2 is 1.73 bits per heavy atom. The van der Waals surface area contributed by atoms with Gasteiger partial charge in [0.15, 0.2) is 21.6 Å². The molecule has 7 nitrogen and oxygen atoms in total.